The van der Waals surface area contributed by atoms with Crippen molar-refractivity contribution in [2.24, 2.45) is 29.1 Å². The molecule has 0 aromatic rings. The van der Waals surface area contributed by atoms with E-state index < -0.39 is 23.1 Å². The highest BCUT2D eigenvalue weighted by Crippen LogP contribution is 2.60. The lowest BCUT2D eigenvalue weighted by Crippen LogP contribution is -2.70. The average Bonchev–Trinajstić information content (AvgIpc) is 2.80. The molecule has 0 N–H and O–H groups in total. The summed E-state index contributed by atoms with van der Waals surface area (Å²) in [5.74, 6) is -0.680. The van der Waals surface area contributed by atoms with Gasteiger partial charge in [-0.05, 0) is 38.5 Å². The molecule has 0 radical (unpaired) electrons. The van der Waals surface area contributed by atoms with E-state index in [-0.39, 0.29) is 29.5 Å². The lowest BCUT2D eigenvalue weighted by atomic mass is 9.57. The molecule has 2 bridgehead atoms. The van der Waals surface area contributed by atoms with E-state index in [2.05, 4.69) is 6.92 Å². The first-order valence-corrected chi connectivity index (χ1v) is 10.4. The predicted molar refractivity (Wildman–Crippen MR) is 96.1 cm³/mol. The third kappa shape index (κ3) is 2.95. The van der Waals surface area contributed by atoms with Gasteiger partial charge in [-0.15, -0.1) is 0 Å². The van der Waals surface area contributed by atoms with Crippen LogP contribution in [0.2, 0.25) is 0 Å². The monoisotopic (exact) mass is 380 g/mol. The van der Waals surface area contributed by atoms with Crippen LogP contribution < -0.4 is 0 Å². The second kappa shape index (κ2) is 6.26. The van der Waals surface area contributed by atoms with Crippen LogP contribution in [0.1, 0.15) is 73.1 Å². The van der Waals surface area contributed by atoms with E-state index >= 15 is 0 Å². The van der Waals surface area contributed by atoms with Crippen LogP contribution in [0.5, 0.6) is 0 Å². The van der Waals surface area contributed by atoms with Crippen molar-refractivity contribution < 1.29 is 28.8 Å². The number of carbonyl (C=O) groups excluding carboxylic acids is 2. The molecule has 4 aliphatic heterocycles. The maximum absolute atomic E-state index is 12.9. The van der Waals surface area contributed by atoms with Crippen molar-refractivity contribution in [3.05, 3.63) is 0 Å². The number of rotatable bonds is 3. The minimum atomic E-state index is -0.868. The largest absolute Gasteiger partial charge is 0.432 e. The van der Waals surface area contributed by atoms with Crippen LogP contribution in [0.25, 0.3) is 0 Å². The van der Waals surface area contributed by atoms with Crippen molar-refractivity contribution >= 4 is 11.8 Å². The molecule has 5 aliphatic rings. The first kappa shape index (κ1) is 19.3. The molecule has 0 aromatic carbocycles. The molecule has 27 heavy (non-hydrogen) atoms. The molecule has 6 nitrogen and oxygen atoms in total. The molecule has 0 aromatic heterocycles. The molecule has 6 heteroatoms. The van der Waals surface area contributed by atoms with E-state index in [1.807, 2.05) is 27.7 Å². The fraction of sp³-hybridized carbons (Fsp3) is 0.905. The summed E-state index contributed by atoms with van der Waals surface area (Å²) in [6.45, 7) is 9.84. The zero-order valence-electron chi connectivity index (χ0n) is 17.1. The van der Waals surface area contributed by atoms with Crippen LogP contribution in [0.15, 0.2) is 0 Å². The van der Waals surface area contributed by atoms with Crippen molar-refractivity contribution in [2.75, 3.05) is 0 Å². The van der Waals surface area contributed by atoms with Gasteiger partial charge < -0.3 is 9.47 Å². The minimum Gasteiger partial charge on any atom is -0.432 e. The maximum Gasteiger partial charge on any atom is 0.311 e. The number of fused-ring (bicyclic) bond motifs is 2. The normalized spacial score (nSPS) is 46.4. The fourth-order valence-electron chi connectivity index (χ4n) is 5.60. The molecule has 0 unspecified atom stereocenters. The summed E-state index contributed by atoms with van der Waals surface area (Å²) in [6.07, 6.45) is 3.70. The topological polar surface area (TPSA) is 71.1 Å². The Kier molecular flexibility index (Phi) is 4.48. The summed E-state index contributed by atoms with van der Waals surface area (Å²) < 4.78 is 11.9. The molecule has 1 saturated carbocycles. The SMILES string of the molecule is C[C@@H]1CC[C@H]2[C@H](CCC(=O)C(C)(C)C)C(=O)O[C@@H]3O[C@]4(C)CC[C@@H]1[C@]32OO4. The summed E-state index contributed by atoms with van der Waals surface area (Å²) in [4.78, 5) is 37.1. The quantitative estimate of drug-likeness (QED) is 0.548. The Morgan fingerprint density at radius 2 is 1.89 bits per heavy atom. The van der Waals surface area contributed by atoms with Crippen molar-refractivity contribution in [2.45, 2.75) is 90.8 Å². The van der Waals surface area contributed by atoms with Crippen LogP contribution in [0.4, 0.5) is 0 Å². The van der Waals surface area contributed by atoms with Gasteiger partial charge >= 0.3 is 5.97 Å². The number of hydrogen-bond donors (Lipinski definition) is 0. The molecule has 4 heterocycles. The van der Waals surface area contributed by atoms with Crippen molar-refractivity contribution in [3.63, 3.8) is 0 Å². The van der Waals surface area contributed by atoms with Gasteiger partial charge in [0.05, 0.1) is 5.92 Å². The van der Waals surface area contributed by atoms with E-state index in [0.29, 0.717) is 18.8 Å². The second-order valence-electron chi connectivity index (χ2n) is 10.2. The highest BCUT2D eigenvalue weighted by Gasteiger charge is 2.70. The number of hydrogen-bond acceptors (Lipinski definition) is 6. The molecule has 1 aliphatic carbocycles. The summed E-state index contributed by atoms with van der Waals surface area (Å²) in [5, 5.41) is 0. The lowest BCUT2D eigenvalue weighted by Gasteiger charge is -2.58. The fourth-order valence-corrected chi connectivity index (χ4v) is 5.60. The number of ether oxygens (including phenoxy) is 2. The number of esters is 1. The summed E-state index contributed by atoms with van der Waals surface area (Å²) in [7, 11) is 0. The zero-order valence-corrected chi connectivity index (χ0v) is 17.1. The highest BCUT2D eigenvalue weighted by atomic mass is 17.3. The summed E-state index contributed by atoms with van der Waals surface area (Å²) in [5.41, 5.74) is -1.16. The van der Waals surface area contributed by atoms with Gasteiger partial charge in [-0.3, -0.25) is 9.59 Å². The zero-order chi connectivity index (χ0) is 19.6. The molecule has 1 spiro atoms. The van der Waals surface area contributed by atoms with Gasteiger partial charge in [-0.25, -0.2) is 9.78 Å². The van der Waals surface area contributed by atoms with Gasteiger partial charge in [0.2, 0.25) is 12.1 Å². The first-order valence-electron chi connectivity index (χ1n) is 10.4. The molecule has 7 atom stereocenters. The molecule has 152 valence electrons. The van der Waals surface area contributed by atoms with Gasteiger partial charge in [0, 0.05) is 30.1 Å². The number of Topliss-reactive ketones (excluding diaryl/α,β-unsaturated/α-hetero) is 1. The highest BCUT2D eigenvalue weighted by molar-refractivity contribution is 5.84. The predicted octanol–water partition coefficient (Wildman–Crippen LogP) is 3.77. The van der Waals surface area contributed by atoms with Crippen LogP contribution in [-0.4, -0.2) is 29.4 Å². The smallest absolute Gasteiger partial charge is 0.311 e. The van der Waals surface area contributed by atoms with Crippen molar-refractivity contribution in [1.82, 2.24) is 0 Å². The third-order valence-corrected chi connectivity index (χ3v) is 7.31. The van der Waals surface area contributed by atoms with E-state index in [1.54, 1.807) is 0 Å². The third-order valence-electron chi connectivity index (χ3n) is 7.31. The average molecular weight is 380 g/mol. The van der Waals surface area contributed by atoms with Crippen LogP contribution in [0, 0.1) is 29.1 Å². The Hall–Kier alpha value is -0.980. The molecule has 4 saturated heterocycles. The standard InChI is InChI=1S/C21H32O6/c1-12-6-8-15-13(7-9-16(22)19(2,3)4)17(23)24-18-21(15)14(12)10-11-20(5,25-18)26-27-21/h12-15,18H,6-11H2,1-5H3/t12-,13+,14+,15+,18-,20+,21-/m1/s1. The number of carbonyl (C=O) groups is 2. The van der Waals surface area contributed by atoms with Crippen LogP contribution in [-0.2, 0) is 28.8 Å². The lowest BCUT2D eigenvalue weighted by molar-refractivity contribution is -0.559. The first-order chi connectivity index (χ1) is 12.6. The molecule has 5 rings (SSSR count). The van der Waals surface area contributed by atoms with Crippen LogP contribution in [0.3, 0.4) is 0 Å². The Labute approximate surface area is 161 Å². The molecule has 0 amide bonds. The van der Waals surface area contributed by atoms with Gasteiger partial charge in [-0.1, -0.05) is 27.7 Å². The van der Waals surface area contributed by atoms with Crippen molar-refractivity contribution in [1.29, 1.82) is 0 Å². The van der Waals surface area contributed by atoms with E-state index in [0.717, 1.165) is 25.7 Å². The van der Waals surface area contributed by atoms with Gasteiger partial charge in [0.25, 0.3) is 0 Å². The second-order valence-corrected chi connectivity index (χ2v) is 10.2. The van der Waals surface area contributed by atoms with Gasteiger partial charge in [0.15, 0.2) is 5.60 Å². The van der Waals surface area contributed by atoms with Crippen molar-refractivity contribution in [3.8, 4) is 0 Å². The van der Waals surface area contributed by atoms with Gasteiger partial charge in [0.1, 0.15) is 5.78 Å². The van der Waals surface area contributed by atoms with E-state index in [1.165, 1.54) is 0 Å². The molecular weight excluding hydrogens is 348 g/mol. The summed E-state index contributed by atoms with van der Waals surface area (Å²) >= 11 is 0. The minimum absolute atomic E-state index is 0.0413. The molecular formula is C21H32O6. The Bertz CT molecular complexity index is 639. The Balaban J connectivity index is 1.64. The summed E-state index contributed by atoms with van der Waals surface area (Å²) in [6, 6.07) is 0. The molecule has 5 fully saturated rings. The Morgan fingerprint density at radius 1 is 1.15 bits per heavy atom. The maximum atomic E-state index is 12.9. The van der Waals surface area contributed by atoms with E-state index in [4.69, 9.17) is 19.2 Å². The Morgan fingerprint density at radius 3 is 2.59 bits per heavy atom. The van der Waals surface area contributed by atoms with Gasteiger partial charge in [-0.2, -0.15) is 0 Å². The van der Waals surface area contributed by atoms with Crippen LogP contribution >= 0.6 is 0 Å². The van der Waals surface area contributed by atoms with E-state index in [9.17, 15) is 9.59 Å². The number of ketones is 1.